The van der Waals surface area contributed by atoms with Gasteiger partial charge in [0.1, 0.15) is 11.6 Å². The minimum absolute atomic E-state index is 0.0345. The van der Waals surface area contributed by atoms with Crippen LogP contribution in [0.1, 0.15) is 93.4 Å². The Balaban J connectivity index is 1.79. The maximum atomic E-state index is 14.0. The van der Waals surface area contributed by atoms with Gasteiger partial charge in [-0.3, -0.25) is 24.0 Å². The molecule has 0 aromatic rings. The summed E-state index contributed by atoms with van der Waals surface area (Å²) in [6.45, 7) is 12.3. The van der Waals surface area contributed by atoms with E-state index in [-0.39, 0.29) is 60.9 Å². The highest BCUT2D eigenvalue weighted by Gasteiger charge is 2.72. The topological polar surface area (TPSA) is 146 Å². The molecule has 8 nitrogen and oxygen atoms in total. The Morgan fingerprint density at radius 3 is 2.21 bits per heavy atom. The Bertz CT molecular complexity index is 1160. The zero-order chi connectivity index (χ0) is 28.8. The smallest absolute Gasteiger partial charge is 0.306 e. The molecular weight excluding hydrogens is 488 g/mol. The highest BCUT2D eigenvalue weighted by molar-refractivity contribution is 6.16. The number of Topliss-reactive ketones (excluding diaryl/α,β-unsaturated/α-hetero) is 4. The van der Waals surface area contributed by atoms with Gasteiger partial charge in [0.2, 0.25) is 0 Å². The van der Waals surface area contributed by atoms with Crippen LogP contribution in [0, 0.1) is 39.4 Å². The predicted octanol–water partition coefficient (Wildman–Crippen LogP) is 3.45. The van der Waals surface area contributed by atoms with Crippen molar-refractivity contribution < 1.29 is 39.3 Å². The minimum atomic E-state index is -1.67. The molecule has 0 bridgehead atoms. The summed E-state index contributed by atoms with van der Waals surface area (Å²) in [6, 6.07) is 0. The summed E-state index contributed by atoms with van der Waals surface area (Å²) in [7, 11) is 0. The van der Waals surface area contributed by atoms with Gasteiger partial charge in [0, 0.05) is 54.6 Å². The third kappa shape index (κ3) is 3.73. The van der Waals surface area contributed by atoms with E-state index in [2.05, 4.69) is 0 Å². The van der Waals surface area contributed by atoms with Gasteiger partial charge in [-0.1, -0.05) is 34.6 Å². The molecule has 0 amide bonds. The molecule has 210 valence electrons. The van der Waals surface area contributed by atoms with Gasteiger partial charge in [0.15, 0.2) is 11.6 Å². The average molecular weight is 531 g/mol. The zero-order valence-electron chi connectivity index (χ0n) is 23.6. The molecule has 38 heavy (non-hydrogen) atoms. The molecule has 4 aliphatic carbocycles. The number of rotatable bonds is 6. The van der Waals surface area contributed by atoms with E-state index in [9.17, 15) is 39.3 Å². The lowest BCUT2D eigenvalue weighted by atomic mass is 9.42. The molecule has 2 fully saturated rings. The fourth-order valence-corrected chi connectivity index (χ4v) is 8.88. The molecule has 0 aromatic heterocycles. The fourth-order valence-electron chi connectivity index (χ4n) is 8.88. The van der Waals surface area contributed by atoms with Crippen molar-refractivity contribution in [2.24, 2.45) is 39.4 Å². The van der Waals surface area contributed by atoms with Crippen molar-refractivity contribution in [3.63, 3.8) is 0 Å². The number of aliphatic hydroxyl groups is 2. The molecule has 0 aliphatic heterocycles. The Morgan fingerprint density at radius 1 is 1.03 bits per heavy atom. The number of aliphatic hydroxyl groups excluding tert-OH is 1. The van der Waals surface area contributed by atoms with Crippen molar-refractivity contribution in [1.82, 2.24) is 0 Å². The van der Waals surface area contributed by atoms with E-state index in [4.69, 9.17) is 0 Å². The first-order chi connectivity index (χ1) is 17.2. The van der Waals surface area contributed by atoms with Crippen LogP contribution in [0.25, 0.3) is 0 Å². The van der Waals surface area contributed by atoms with E-state index >= 15 is 0 Å². The van der Waals surface area contributed by atoms with Gasteiger partial charge in [0.25, 0.3) is 0 Å². The first-order valence-electron chi connectivity index (χ1n) is 13.7. The summed E-state index contributed by atoms with van der Waals surface area (Å²) >= 11 is 0. The molecule has 8 atom stereocenters. The molecule has 0 aromatic carbocycles. The van der Waals surface area contributed by atoms with Gasteiger partial charge in [-0.25, -0.2) is 0 Å². The van der Waals surface area contributed by atoms with Crippen molar-refractivity contribution in [2.75, 3.05) is 0 Å². The number of ketones is 4. The second-order valence-electron chi connectivity index (χ2n) is 14.1. The number of aliphatic carboxylic acids is 1. The van der Waals surface area contributed by atoms with E-state index in [1.807, 2.05) is 20.8 Å². The number of fused-ring (bicyclic) bond motifs is 4. The number of carboxylic acid groups (broad SMARTS) is 1. The molecule has 0 spiro atoms. The van der Waals surface area contributed by atoms with Crippen molar-refractivity contribution in [2.45, 2.75) is 105 Å². The largest absolute Gasteiger partial charge is 0.481 e. The van der Waals surface area contributed by atoms with Crippen molar-refractivity contribution in [3.8, 4) is 0 Å². The molecule has 1 unspecified atom stereocenters. The molecular formula is C30H42O8. The fraction of sp³-hybridized carbons (Fsp3) is 0.767. The van der Waals surface area contributed by atoms with Crippen LogP contribution < -0.4 is 0 Å². The van der Waals surface area contributed by atoms with Gasteiger partial charge in [0.05, 0.1) is 23.0 Å². The second-order valence-corrected chi connectivity index (χ2v) is 14.1. The molecule has 8 heteroatoms. The summed E-state index contributed by atoms with van der Waals surface area (Å²) in [5.41, 5.74) is -4.59. The monoisotopic (exact) mass is 530 g/mol. The minimum Gasteiger partial charge on any atom is -0.481 e. The van der Waals surface area contributed by atoms with E-state index in [1.165, 1.54) is 13.8 Å². The Hall–Kier alpha value is -2.19. The quantitative estimate of drug-likeness (QED) is 0.473. The maximum Gasteiger partial charge on any atom is 0.306 e. The SMILES string of the molecule is CC(CC(=O)C[C@](C)(O)[C@H]1CC(=O)[C@@]2(C)C3=C(C(=O)C[C@]12C)[C@@]1(C)CC[C@H](O)C(C)(C)[C@@H]1CC3=O)C(=O)O. The maximum absolute atomic E-state index is 14.0. The molecule has 0 heterocycles. The van der Waals surface area contributed by atoms with Crippen LogP contribution >= 0.6 is 0 Å². The van der Waals surface area contributed by atoms with Crippen LogP contribution in [0.15, 0.2) is 11.1 Å². The average Bonchev–Trinajstić information content (AvgIpc) is 2.99. The van der Waals surface area contributed by atoms with Gasteiger partial charge < -0.3 is 15.3 Å². The third-order valence-corrected chi connectivity index (χ3v) is 11.4. The van der Waals surface area contributed by atoms with E-state index in [0.29, 0.717) is 18.4 Å². The lowest BCUT2D eigenvalue weighted by Crippen LogP contribution is -2.60. The molecule has 0 saturated heterocycles. The molecule has 0 radical (unpaired) electrons. The summed E-state index contributed by atoms with van der Waals surface area (Å²) in [4.78, 5) is 65.8. The van der Waals surface area contributed by atoms with Gasteiger partial charge >= 0.3 is 5.97 Å². The molecule has 4 rings (SSSR count). The van der Waals surface area contributed by atoms with Crippen molar-refractivity contribution >= 4 is 29.1 Å². The second kappa shape index (κ2) is 8.65. The van der Waals surface area contributed by atoms with Crippen molar-refractivity contribution in [1.29, 1.82) is 0 Å². The highest BCUT2D eigenvalue weighted by atomic mass is 16.4. The zero-order valence-corrected chi connectivity index (χ0v) is 23.6. The molecule has 2 saturated carbocycles. The van der Waals surface area contributed by atoms with Gasteiger partial charge in [-0.15, -0.1) is 0 Å². The summed E-state index contributed by atoms with van der Waals surface area (Å²) in [6.07, 6.45) is -0.117. The number of carbonyl (C=O) groups is 5. The number of hydrogen-bond donors (Lipinski definition) is 3. The van der Waals surface area contributed by atoms with Crippen molar-refractivity contribution in [3.05, 3.63) is 11.1 Å². The van der Waals surface area contributed by atoms with Crippen LogP contribution in [0.5, 0.6) is 0 Å². The summed E-state index contributed by atoms with van der Waals surface area (Å²) in [5, 5.41) is 31.5. The van der Waals surface area contributed by atoms with E-state index < -0.39 is 57.0 Å². The standard InChI is InChI=1S/C30H42O8/c1-15(25(36)37)10-16(31)13-29(6,38)20-12-22(35)30(7)24-17(32)11-19-26(2,3)21(34)8-9-27(19,4)23(24)18(33)14-28(20,30)5/h15,19-21,34,38H,8-14H2,1-7H3,(H,36,37)/t15?,19-,20-,21-,27-,28+,29-,30-/m0/s1. The third-order valence-electron chi connectivity index (χ3n) is 11.4. The number of hydrogen-bond acceptors (Lipinski definition) is 7. The normalized spacial score (nSPS) is 40.7. The lowest BCUT2D eigenvalue weighted by Gasteiger charge is -2.60. The van der Waals surface area contributed by atoms with E-state index in [1.54, 1.807) is 13.8 Å². The molecule has 3 N–H and O–H groups in total. The highest BCUT2D eigenvalue weighted by Crippen LogP contribution is 2.70. The number of carboxylic acids is 1. The lowest BCUT2D eigenvalue weighted by molar-refractivity contribution is -0.149. The summed E-state index contributed by atoms with van der Waals surface area (Å²) in [5.74, 6) is -4.11. The van der Waals surface area contributed by atoms with E-state index in [0.717, 1.165) is 0 Å². The Labute approximate surface area is 224 Å². The van der Waals surface area contributed by atoms with Crippen LogP contribution in [0.3, 0.4) is 0 Å². The first-order valence-corrected chi connectivity index (χ1v) is 13.7. The number of allylic oxidation sites excluding steroid dienone is 2. The first kappa shape index (κ1) is 28.8. The van der Waals surface area contributed by atoms with Crippen LogP contribution in [0.2, 0.25) is 0 Å². The Morgan fingerprint density at radius 2 is 1.63 bits per heavy atom. The van der Waals surface area contributed by atoms with Crippen LogP contribution in [-0.4, -0.2) is 56.1 Å². The van der Waals surface area contributed by atoms with Gasteiger partial charge in [-0.05, 0) is 43.4 Å². The summed E-state index contributed by atoms with van der Waals surface area (Å²) < 4.78 is 0. The van der Waals surface area contributed by atoms with Gasteiger partial charge in [-0.2, -0.15) is 0 Å². The van der Waals surface area contributed by atoms with Crippen LogP contribution in [0.4, 0.5) is 0 Å². The molecule has 4 aliphatic rings. The van der Waals surface area contributed by atoms with Crippen LogP contribution in [-0.2, 0) is 24.0 Å². The number of carbonyl (C=O) groups excluding carboxylic acids is 4. The Kier molecular flexibility index (Phi) is 6.56. The predicted molar refractivity (Wildman–Crippen MR) is 138 cm³/mol.